The van der Waals surface area contributed by atoms with Crippen molar-refractivity contribution < 1.29 is 4.92 Å². The molecule has 0 aliphatic carbocycles. The van der Waals surface area contributed by atoms with Crippen molar-refractivity contribution in [2.45, 2.75) is 6.92 Å². The van der Waals surface area contributed by atoms with Crippen molar-refractivity contribution in [3.8, 4) is 5.69 Å². The highest BCUT2D eigenvalue weighted by atomic mass is 35.5. The number of aryl methyl sites for hydroxylation is 1. The van der Waals surface area contributed by atoms with Gasteiger partial charge in [-0.1, -0.05) is 35.3 Å². The maximum atomic E-state index is 10.8. The summed E-state index contributed by atoms with van der Waals surface area (Å²) in [5.74, 6) is 0. The molecule has 2 aromatic carbocycles. The summed E-state index contributed by atoms with van der Waals surface area (Å²) in [4.78, 5) is 10.3. The molecule has 0 fully saturated rings. The first kappa shape index (κ1) is 17.9. The van der Waals surface area contributed by atoms with E-state index in [1.807, 2.05) is 19.1 Å². The molecule has 0 saturated carbocycles. The van der Waals surface area contributed by atoms with Gasteiger partial charge in [0.2, 0.25) is 0 Å². The first-order valence-electron chi connectivity index (χ1n) is 7.50. The van der Waals surface area contributed by atoms with Gasteiger partial charge in [0.15, 0.2) is 0 Å². The fraction of sp³-hybridized carbons (Fsp3) is 0.0588. The summed E-state index contributed by atoms with van der Waals surface area (Å²) in [6.45, 7) is 1.81. The second-order valence-corrected chi connectivity index (χ2v) is 6.15. The molecule has 26 heavy (non-hydrogen) atoms. The lowest BCUT2D eigenvalue weighted by Gasteiger charge is -2.03. The van der Waals surface area contributed by atoms with Crippen LogP contribution in [0.3, 0.4) is 0 Å². The molecule has 1 aromatic heterocycles. The van der Waals surface area contributed by atoms with Crippen molar-refractivity contribution in [3.05, 3.63) is 80.1 Å². The Labute approximate surface area is 159 Å². The van der Waals surface area contributed by atoms with Gasteiger partial charge in [-0.15, -0.1) is 0 Å². The molecule has 0 amide bonds. The Morgan fingerprint density at radius 2 is 2.00 bits per heavy atom. The number of nitrogens with one attached hydrogen (secondary N) is 1. The molecule has 0 spiro atoms. The minimum atomic E-state index is -0.467. The number of nitro benzene ring substituents is 1. The molecule has 0 unspecified atom stereocenters. The van der Waals surface area contributed by atoms with Crippen molar-refractivity contribution in [1.82, 2.24) is 9.78 Å². The largest absolute Gasteiger partial charge is 0.278 e. The van der Waals surface area contributed by atoms with E-state index in [0.29, 0.717) is 27.1 Å². The summed E-state index contributed by atoms with van der Waals surface area (Å²) in [6.07, 6.45) is 1.52. The van der Waals surface area contributed by atoms with Gasteiger partial charge in [0.05, 0.1) is 33.8 Å². The van der Waals surface area contributed by atoms with E-state index in [1.54, 1.807) is 28.9 Å². The number of hydrazone groups is 1. The number of hydrogen-bond acceptors (Lipinski definition) is 5. The Hall–Kier alpha value is -2.90. The molecule has 0 aliphatic rings. The summed E-state index contributed by atoms with van der Waals surface area (Å²) in [7, 11) is 0. The molecule has 1 heterocycles. The van der Waals surface area contributed by atoms with Gasteiger partial charge in [0.25, 0.3) is 5.69 Å². The predicted octanol–water partition coefficient (Wildman–Crippen LogP) is 4.84. The van der Waals surface area contributed by atoms with E-state index in [-0.39, 0.29) is 5.69 Å². The number of aromatic nitrogens is 2. The third-order valence-electron chi connectivity index (χ3n) is 3.55. The van der Waals surface area contributed by atoms with Gasteiger partial charge in [0, 0.05) is 17.2 Å². The van der Waals surface area contributed by atoms with E-state index in [1.165, 1.54) is 18.3 Å². The predicted molar refractivity (Wildman–Crippen MR) is 103 cm³/mol. The second kappa shape index (κ2) is 7.55. The maximum Gasteiger partial charge on any atom is 0.271 e. The molecule has 9 heteroatoms. The van der Waals surface area contributed by atoms with E-state index in [0.717, 1.165) is 5.69 Å². The van der Waals surface area contributed by atoms with Crippen LogP contribution in [0.15, 0.2) is 53.6 Å². The minimum Gasteiger partial charge on any atom is -0.278 e. The fourth-order valence-corrected chi connectivity index (χ4v) is 2.80. The first-order valence-corrected chi connectivity index (χ1v) is 8.26. The third-order valence-corrected chi connectivity index (χ3v) is 4.14. The summed E-state index contributed by atoms with van der Waals surface area (Å²) < 4.78 is 1.57. The number of anilines is 1. The van der Waals surface area contributed by atoms with Gasteiger partial charge in [-0.05, 0) is 31.2 Å². The van der Waals surface area contributed by atoms with Crippen molar-refractivity contribution in [2.75, 3.05) is 5.43 Å². The summed E-state index contributed by atoms with van der Waals surface area (Å²) in [5, 5.41) is 20.3. The molecule has 0 bridgehead atoms. The number of non-ortho nitro benzene ring substituents is 1. The van der Waals surface area contributed by atoms with E-state index in [2.05, 4.69) is 15.6 Å². The van der Waals surface area contributed by atoms with Crippen LogP contribution in [0, 0.1) is 17.0 Å². The van der Waals surface area contributed by atoms with Gasteiger partial charge in [-0.3, -0.25) is 15.5 Å². The molecule has 0 saturated heterocycles. The number of nitro groups is 1. The van der Waals surface area contributed by atoms with Crippen molar-refractivity contribution in [1.29, 1.82) is 0 Å². The van der Waals surface area contributed by atoms with Crippen LogP contribution < -0.4 is 5.43 Å². The average molecular weight is 390 g/mol. The van der Waals surface area contributed by atoms with Crippen LogP contribution in [0.4, 0.5) is 11.4 Å². The Morgan fingerprint density at radius 1 is 1.23 bits per heavy atom. The normalized spacial score (nSPS) is 11.0. The van der Waals surface area contributed by atoms with Crippen LogP contribution >= 0.6 is 23.2 Å². The van der Waals surface area contributed by atoms with Gasteiger partial charge in [-0.25, -0.2) is 4.68 Å². The summed E-state index contributed by atoms with van der Waals surface area (Å²) in [6, 6.07) is 13.2. The van der Waals surface area contributed by atoms with Crippen molar-refractivity contribution in [2.24, 2.45) is 5.10 Å². The quantitative estimate of drug-likeness (QED) is 0.384. The van der Waals surface area contributed by atoms with Gasteiger partial charge >= 0.3 is 0 Å². The lowest BCUT2D eigenvalue weighted by atomic mass is 10.3. The highest BCUT2D eigenvalue weighted by Crippen LogP contribution is 2.24. The molecule has 1 N–H and O–H groups in total. The maximum absolute atomic E-state index is 10.8. The van der Waals surface area contributed by atoms with Crippen LogP contribution in [-0.2, 0) is 0 Å². The topological polar surface area (TPSA) is 85.3 Å². The fourth-order valence-electron chi connectivity index (χ4n) is 2.30. The van der Waals surface area contributed by atoms with E-state index < -0.39 is 4.92 Å². The van der Waals surface area contributed by atoms with Gasteiger partial charge in [0.1, 0.15) is 5.15 Å². The Balaban J connectivity index is 1.83. The first-order chi connectivity index (χ1) is 12.5. The van der Waals surface area contributed by atoms with Crippen LogP contribution in [0.1, 0.15) is 11.3 Å². The molecule has 7 nitrogen and oxygen atoms in total. The lowest BCUT2D eigenvalue weighted by Crippen LogP contribution is -1.96. The van der Waals surface area contributed by atoms with Crippen LogP contribution in [0.2, 0.25) is 10.2 Å². The molecular weight excluding hydrogens is 377 g/mol. The van der Waals surface area contributed by atoms with E-state index in [9.17, 15) is 10.1 Å². The van der Waals surface area contributed by atoms with Gasteiger partial charge < -0.3 is 0 Å². The molecule has 132 valence electrons. The molecule has 0 radical (unpaired) electrons. The van der Waals surface area contributed by atoms with Crippen LogP contribution in [0.5, 0.6) is 0 Å². The Kier molecular flexibility index (Phi) is 5.20. The monoisotopic (exact) mass is 389 g/mol. The number of nitrogens with zero attached hydrogens (tertiary/aromatic N) is 4. The smallest absolute Gasteiger partial charge is 0.271 e. The SMILES string of the molecule is Cc1nn(-c2cccc(Cl)c2)c(Cl)c1C=NNc1cccc([N+](=O)[O-])c1. The van der Waals surface area contributed by atoms with E-state index in [4.69, 9.17) is 23.2 Å². The van der Waals surface area contributed by atoms with Gasteiger partial charge in [-0.2, -0.15) is 10.2 Å². The molecule has 3 rings (SSSR count). The number of benzene rings is 2. The average Bonchev–Trinajstić information content (AvgIpc) is 2.90. The highest BCUT2D eigenvalue weighted by molar-refractivity contribution is 6.32. The highest BCUT2D eigenvalue weighted by Gasteiger charge is 2.13. The molecule has 0 aliphatic heterocycles. The number of hydrogen-bond donors (Lipinski definition) is 1. The van der Waals surface area contributed by atoms with Crippen molar-refractivity contribution >= 4 is 40.8 Å². The molecule has 0 atom stereocenters. The number of halogens is 2. The van der Waals surface area contributed by atoms with Crippen molar-refractivity contribution in [3.63, 3.8) is 0 Å². The zero-order chi connectivity index (χ0) is 18.7. The summed E-state index contributed by atoms with van der Waals surface area (Å²) >= 11 is 12.4. The van der Waals surface area contributed by atoms with Crippen LogP contribution in [-0.4, -0.2) is 20.9 Å². The second-order valence-electron chi connectivity index (χ2n) is 5.36. The Bertz CT molecular complexity index is 1000. The van der Waals surface area contributed by atoms with Crippen LogP contribution in [0.25, 0.3) is 5.69 Å². The lowest BCUT2D eigenvalue weighted by molar-refractivity contribution is -0.384. The summed E-state index contributed by atoms with van der Waals surface area (Å²) in [5.41, 5.74) is 5.26. The standard InChI is InChI=1S/C17H13Cl2N5O2/c1-11-16(10-20-21-13-5-3-7-15(9-13)24(25)26)17(19)23(22-11)14-6-2-4-12(18)8-14/h2-10,21H,1H3. The zero-order valence-corrected chi connectivity index (χ0v) is 15.1. The molecular formula is C17H13Cl2N5O2. The Morgan fingerprint density at radius 3 is 2.73 bits per heavy atom. The number of rotatable bonds is 5. The minimum absolute atomic E-state index is 0.0202. The van der Waals surface area contributed by atoms with E-state index >= 15 is 0 Å². The molecule has 3 aromatic rings. The zero-order valence-electron chi connectivity index (χ0n) is 13.6. The third kappa shape index (κ3) is 3.84.